The molecule has 2 unspecified atom stereocenters. The molecule has 1 aromatic carbocycles. The molecular weight excluding hydrogens is 228 g/mol. The fourth-order valence-corrected chi connectivity index (χ4v) is 2.90. The van der Waals surface area contributed by atoms with Gasteiger partial charge in [0.2, 0.25) is 5.91 Å². The summed E-state index contributed by atoms with van der Waals surface area (Å²) in [5.74, 6) is 1.19. The van der Waals surface area contributed by atoms with Gasteiger partial charge >= 0.3 is 0 Å². The maximum absolute atomic E-state index is 11.3. The highest BCUT2D eigenvalue weighted by Gasteiger charge is 2.27. The molecule has 2 heterocycles. The van der Waals surface area contributed by atoms with Crippen molar-refractivity contribution >= 4 is 5.91 Å². The molecule has 1 aromatic rings. The lowest BCUT2D eigenvalue weighted by molar-refractivity contribution is -0.120. The smallest absolute Gasteiger partial charge is 0.234 e. The molecule has 0 aliphatic carbocycles. The third kappa shape index (κ3) is 2.08. The number of nitrogens with one attached hydrogen (secondary N) is 1. The molecule has 0 radical (unpaired) electrons. The van der Waals surface area contributed by atoms with Gasteiger partial charge in [-0.15, -0.1) is 0 Å². The van der Waals surface area contributed by atoms with Gasteiger partial charge in [-0.3, -0.25) is 4.79 Å². The molecule has 2 atom stereocenters. The number of benzene rings is 1. The van der Waals surface area contributed by atoms with Gasteiger partial charge in [0, 0.05) is 6.42 Å². The lowest BCUT2D eigenvalue weighted by Gasteiger charge is -2.28. The molecule has 0 bridgehead atoms. The van der Waals surface area contributed by atoms with E-state index in [4.69, 9.17) is 10.5 Å². The molecule has 2 aliphatic rings. The Bertz CT molecular complexity index is 473. The lowest BCUT2D eigenvalue weighted by atomic mass is 9.85. The quantitative estimate of drug-likeness (QED) is 0.816. The van der Waals surface area contributed by atoms with Crippen LogP contribution in [0.15, 0.2) is 18.2 Å². The third-order valence-electron chi connectivity index (χ3n) is 3.93. The molecule has 0 saturated carbocycles. The summed E-state index contributed by atoms with van der Waals surface area (Å²) in [7, 11) is 0. The van der Waals surface area contributed by atoms with E-state index in [9.17, 15) is 4.79 Å². The van der Waals surface area contributed by atoms with E-state index in [1.807, 2.05) is 0 Å². The van der Waals surface area contributed by atoms with Gasteiger partial charge < -0.3 is 15.8 Å². The van der Waals surface area contributed by atoms with E-state index in [1.54, 1.807) is 0 Å². The van der Waals surface area contributed by atoms with Crippen LogP contribution in [0.3, 0.4) is 0 Å². The van der Waals surface area contributed by atoms with Crippen molar-refractivity contribution in [2.24, 2.45) is 5.73 Å². The van der Waals surface area contributed by atoms with E-state index in [0.29, 0.717) is 5.92 Å². The minimum atomic E-state index is -0.246. The van der Waals surface area contributed by atoms with Crippen LogP contribution < -0.4 is 15.8 Å². The summed E-state index contributed by atoms with van der Waals surface area (Å²) in [6.45, 7) is 1.64. The van der Waals surface area contributed by atoms with Crippen LogP contribution in [0.5, 0.6) is 5.75 Å². The number of hydrogen-bond acceptors (Lipinski definition) is 3. The first-order valence-corrected chi connectivity index (χ1v) is 6.52. The number of fused-ring (bicyclic) bond motifs is 1. The first kappa shape index (κ1) is 11.5. The number of nitrogens with two attached hydrogens (primary N) is 1. The largest absolute Gasteiger partial charge is 0.493 e. The van der Waals surface area contributed by atoms with Gasteiger partial charge in [0.05, 0.1) is 12.6 Å². The molecule has 18 heavy (non-hydrogen) atoms. The molecule has 3 rings (SSSR count). The van der Waals surface area contributed by atoms with Crippen LogP contribution >= 0.6 is 0 Å². The van der Waals surface area contributed by atoms with Crippen molar-refractivity contribution < 1.29 is 9.53 Å². The number of ether oxygens (including phenoxy) is 1. The normalized spacial score (nSPS) is 26.4. The molecule has 0 aromatic heterocycles. The average Bonchev–Trinajstić information content (AvgIpc) is 2.86. The van der Waals surface area contributed by atoms with Crippen molar-refractivity contribution in [3.05, 3.63) is 29.3 Å². The molecule has 2 aliphatic heterocycles. The zero-order chi connectivity index (χ0) is 12.5. The summed E-state index contributed by atoms with van der Waals surface area (Å²) in [5, 5.41) is 3.17. The van der Waals surface area contributed by atoms with E-state index >= 15 is 0 Å². The monoisotopic (exact) mass is 246 g/mol. The van der Waals surface area contributed by atoms with E-state index in [-0.39, 0.29) is 11.9 Å². The number of primary amides is 1. The molecule has 3 N–H and O–H groups in total. The van der Waals surface area contributed by atoms with Gasteiger partial charge in [-0.2, -0.15) is 0 Å². The SMILES string of the molecule is NC(=O)C1CC(c2ccc3c(c2)CCO3)CCN1. The highest BCUT2D eigenvalue weighted by molar-refractivity contribution is 5.80. The molecule has 1 saturated heterocycles. The number of amides is 1. The Morgan fingerprint density at radius 3 is 3.17 bits per heavy atom. The highest BCUT2D eigenvalue weighted by atomic mass is 16.5. The second-order valence-electron chi connectivity index (χ2n) is 5.10. The van der Waals surface area contributed by atoms with Crippen molar-refractivity contribution in [3.8, 4) is 5.75 Å². The first-order chi connectivity index (χ1) is 8.74. The van der Waals surface area contributed by atoms with Crippen molar-refractivity contribution in [3.63, 3.8) is 0 Å². The van der Waals surface area contributed by atoms with E-state index in [0.717, 1.165) is 38.2 Å². The summed E-state index contributed by atoms with van der Waals surface area (Å²) in [4.78, 5) is 11.3. The Morgan fingerprint density at radius 2 is 2.33 bits per heavy atom. The Balaban J connectivity index is 1.80. The summed E-state index contributed by atoms with van der Waals surface area (Å²) in [5.41, 5.74) is 7.98. The Labute approximate surface area is 107 Å². The molecule has 1 fully saturated rings. The van der Waals surface area contributed by atoms with Crippen molar-refractivity contribution in [2.45, 2.75) is 31.2 Å². The fourth-order valence-electron chi connectivity index (χ4n) is 2.90. The maximum Gasteiger partial charge on any atom is 0.234 e. The highest BCUT2D eigenvalue weighted by Crippen LogP contribution is 2.33. The lowest BCUT2D eigenvalue weighted by Crippen LogP contribution is -2.46. The van der Waals surface area contributed by atoms with Gasteiger partial charge in [-0.1, -0.05) is 12.1 Å². The third-order valence-corrected chi connectivity index (χ3v) is 3.93. The number of hydrogen-bond donors (Lipinski definition) is 2. The van der Waals surface area contributed by atoms with Crippen LogP contribution in [-0.2, 0) is 11.2 Å². The van der Waals surface area contributed by atoms with Crippen LogP contribution in [0.25, 0.3) is 0 Å². The van der Waals surface area contributed by atoms with Crippen molar-refractivity contribution in [2.75, 3.05) is 13.2 Å². The minimum absolute atomic E-state index is 0.187. The van der Waals surface area contributed by atoms with Gasteiger partial charge in [0.25, 0.3) is 0 Å². The van der Waals surface area contributed by atoms with Crippen LogP contribution in [-0.4, -0.2) is 25.1 Å². The second kappa shape index (κ2) is 4.61. The number of rotatable bonds is 2. The van der Waals surface area contributed by atoms with E-state index in [1.165, 1.54) is 11.1 Å². The van der Waals surface area contributed by atoms with E-state index in [2.05, 4.69) is 23.5 Å². The van der Waals surface area contributed by atoms with E-state index < -0.39 is 0 Å². The summed E-state index contributed by atoms with van der Waals surface area (Å²) < 4.78 is 5.51. The zero-order valence-corrected chi connectivity index (χ0v) is 10.3. The van der Waals surface area contributed by atoms with Gasteiger partial charge in [0.1, 0.15) is 5.75 Å². The topological polar surface area (TPSA) is 64.4 Å². The minimum Gasteiger partial charge on any atom is -0.493 e. The Hall–Kier alpha value is -1.55. The van der Waals surface area contributed by atoms with Crippen molar-refractivity contribution in [1.29, 1.82) is 0 Å². The van der Waals surface area contributed by atoms with Gasteiger partial charge in [-0.05, 0) is 42.5 Å². The predicted molar refractivity (Wildman–Crippen MR) is 68.6 cm³/mol. The average molecular weight is 246 g/mol. The van der Waals surface area contributed by atoms with Gasteiger partial charge in [0.15, 0.2) is 0 Å². The summed E-state index contributed by atoms with van der Waals surface area (Å²) >= 11 is 0. The van der Waals surface area contributed by atoms with Crippen LogP contribution in [0.1, 0.15) is 29.9 Å². The zero-order valence-electron chi connectivity index (χ0n) is 10.3. The molecule has 4 nitrogen and oxygen atoms in total. The fraction of sp³-hybridized carbons (Fsp3) is 0.500. The molecular formula is C14H18N2O2. The molecule has 1 amide bonds. The van der Waals surface area contributed by atoms with Crippen molar-refractivity contribution in [1.82, 2.24) is 5.32 Å². The second-order valence-corrected chi connectivity index (χ2v) is 5.10. The molecule has 0 spiro atoms. The predicted octanol–water partition coefficient (Wildman–Crippen LogP) is 0.942. The summed E-state index contributed by atoms with van der Waals surface area (Å²) in [6, 6.07) is 6.22. The Kier molecular flexibility index (Phi) is 2.96. The molecule has 4 heteroatoms. The number of carbonyl (C=O) groups is 1. The summed E-state index contributed by atoms with van der Waals surface area (Å²) in [6.07, 6.45) is 2.85. The standard InChI is InChI=1S/C14H18N2O2/c15-14(17)12-8-10(3-5-16-12)9-1-2-13-11(7-9)4-6-18-13/h1-2,7,10,12,16H,3-6,8H2,(H2,15,17). The molecule has 96 valence electrons. The van der Waals surface area contributed by atoms with Crippen LogP contribution in [0.2, 0.25) is 0 Å². The number of piperidine rings is 1. The van der Waals surface area contributed by atoms with Crippen LogP contribution in [0, 0.1) is 0 Å². The maximum atomic E-state index is 11.3. The first-order valence-electron chi connectivity index (χ1n) is 6.52. The van der Waals surface area contributed by atoms with Crippen LogP contribution in [0.4, 0.5) is 0 Å². The number of carbonyl (C=O) groups excluding carboxylic acids is 1. The van der Waals surface area contributed by atoms with Gasteiger partial charge in [-0.25, -0.2) is 0 Å². The Morgan fingerprint density at radius 1 is 1.44 bits per heavy atom.